The number of hydrogen-bond acceptors (Lipinski definition) is 2. The molecule has 21 heavy (non-hydrogen) atoms. The van der Waals surface area contributed by atoms with Gasteiger partial charge in [-0.1, -0.05) is 30.3 Å². The Hall–Kier alpha value is -2.26. The minimum Gasteiger partial charge on any atom is -0.320 e. The minimum atomic E-state index is -0.295. The lowest BCUT2D eigenvalue weighted by atomic mass is 9.94. The van der Waals surface area contributed by atoms with E-state index in [-0.39, 0.29) is 11.9 Å². The molecule has 0 radical (unpaired) electrons. The van der Waals surface area contributed by atoms with Gasteiger partial charge in [0.2, 0.25) is 0 Å². The Kier molecular flexibility index (Phi) is 3.43. The first kappa shape index (κ1) is 13.7. The highest BCUT2D eigenvalue weighted by atomic mass is 19.1. The number of nitrogens with two attached hydrogens (primary N) is 1. The molecule has 2 aromatic carbocycles. The summed E-state index contributed by atoms with van der Waals surface area (Å²) in [6, 6.07) is 14.7. The fourth-order valence-corrected chi connectivity index (χ4v) is 2.64. The molecule has 2 nitrogen and oxygen atoms in total. The number of nitrogens with zero attached hydrogens (tertiary/aromatic N) is 1. The van der Waals surface area contributed by atoms with Gasteiger partial charge in [0.15, 0.2) is 0 Å². The Labute approximate surface area is 123 Å². The number of para-hydroxylation sites is 1. The number of aromatic nitrogens is 1. The van der Waals surface area contributed by atoms with Crippen LogP contribution >= 0.6 is 0 Å². The molecule has 0 aliphatic heterocycles. The standard InChI is InChI=1S/C18H17FN2/c1-11-9-13(7-8-16(11)19)18(20)15-10-12(2)21-17-6-4-3-5-14(15)17/h3-10,18H,20H2,1-2H3. The molecule has 2 N–H and O–H groups in total. The fraction of sp³-hybridized carbons (Fsp3) is 0.167. The van der Waals surface area contributed by atoms with Gasteiger partial charge < -0.3 is 5.73 Å². The van der Waals surface area contributed by atoms with E-state index in [1.54, 1.807) is 13.0 Å². The minimum absolute atomic E-state index is 0.207. The Bertz CT molecular complexity index is 811. The number of pyridine rings is 1. The average Bonchev–Trinajstić information content (AvgIpc) is 2.48. The molecule has 1 aromatic heterocycles. The predicted octanol–water partition coefficient (Wildman–Crippen LogP) is 4.04. The van der Waals surface area contributed by atoms with Gasteiger partial charge in [-0.2, -0.15) is 0 Å². The molecule has 3 aromatic rings. The number of aryl methyl sites for hydroxylation is 2. The van der Waals surface area contributed by atoms with Crippen LogP contribution in [0.5, 0.6) is 0 Å². The van der Waals surface area contributed by atoms with Crippen LogP contribution < -0.4 is 5.73 Å². The Morgan fingerprint density at radius 3 is 2.57 bits per heavy atom. The topological polar surface area (TPSA) is 38.9 Å². The molecule has 0 aliphatic carbocycles. The van der Waals surface area contributed by atoms with Crippen LogP contribution in [0.3, 0.4) is 0 Å². The van der Waals surface area contributed by atoms with Crippen molar-refractivity contribution in [2.24, 2.45) is 5.73 Å². The molecule has 0 saturated carbocycles. The van der Waals surface area contributed by atoms with Crippen molar-refractivity contribution in [3.63, 3.8) is 0 Å². The van der Waals surface area contributed by atoms with E-state index in [1.807, 2.05) is 43.3 Å². The van der Waals surface area contributed by atoms with E-state index >= 15 is 0 Å². The molecule has 1 unspecified atom stereocenters. The van der Waals surface area contributed by atoms with Crippen LogP contribution in [-0.2, 0) is 0 Å². The summed E-state index contributed by atoms with van der Waals surface area (Å²) >= 11 is 0. The molecule has 1 heterocycles. The summed E-state index contributed by atoms with van der Waals surface area (Å²) < 4.78 is 13.4. The SMILES string of the molecule is Cc1cc(C(N)c2ccc(F)c(C)c2)c2ccccc2n1. The van der Waals surface area contributed by atoms with Gasteiger partial charge in [0, 0.05) is 11.1 Å². The molecule has 0 bridgehead atoms. The molecule has 3 heteroatoms. The highest BCUT2D eigenvalue weighted by Gasteiger charge is 2.14. The number of hydrogen-bond donors (Lipinski definition) is 1. The fourth-order valence-electron chi connectivity index (χ4n) is 2.64. The van der Waals surface area contributed by atoms with Crippen molar-refractivity contribution in [2.75, 3.05) is 0 Å². The summed E-state index contributed by atoms with van der Waals surface area (Å²) in [5.41, 5.74) is 10.8. The molecule has 0 spiro atoms. The van der Waals surface area contributed by atoms with Crippen LogP contribution in [-0.4, -0.2) is 4.98 Å². The van der Waals surface area contributed by atoms with Crippen molar-refractivity contribution in [3.05, 3.63) is 76.7 Å². The normalized spacial score (nSPS) is 12.6. The van der Waals surface area contributed by atoms with Crippen LogP contribution in [0.25, 0.3) is 10.9 Å². The lowest BCUT2D eigenvalue weighted by Gasteiger charge is -2.16. The molecule has 1 atom stereocenters. The maximum atomic E-state index is 13.4. The van der Waals surface area contributed by atoms with Crippen molar-refractivity contribution in [2.45, 2.75) is 19.9 Å². The van der Waals surface area contributed by atoms with E-state index in [9.17, 15) is 4.39 Å². The highest BCUT2D eigenvalue weighted by Crippen LogP contribution is 2.28. The first-order chi connectivity index (χ1) is 10.1. The maximum Gasteiger partial charge on any atom is 0.126 e. The van der Waals surface area contributed by atoms with Gasteiger partial charge in [-0.05, 0) is 48.7 Å². The average molecular weight is 280 g/mol. The monoisotopic (exact) mass is 280 g/mol. The van der Waals surface area contributed by atoms with Crippen LogP contribution in [0.4, 0.5) is 4.39 Å². The van der Waals surface area contributed by atoms with Gasteiger partial charge in [0.05, 0.1) is 11.6 Å². The smallest absolute Gasteiger partial charge is 0.126 e. The van der Waals surface area contributed by atoms with Crippen molar-refractivity contribution < 1.29 is 4.39 Å². The van der Waals surface area contributed by atoms with Gasteiger partial charge in [-0.15, -0.1) is 0 Å². The van der Waals surface area contributed by atoms with Crippen LogP contribution in [0, 0.1) is 19.7 Å². The Morgan fingerprint density at radius 2 is 1.81 bits per heavy atom. The maximum absolute atomic E-state index is 13.4. The quantitative estimate of drug-likeness (QED) is 0.769. The molecule has 0 amide bonds. The van der Waals surface area contributed by atoms with Crippen molar-refractivity contribution in [1.82, 2.24) is 4.98 Å². The van der Waals surface area contributed by atoms with Gasteiger partial charge in [0.1, 0.15) is 5.82 Å². The summed E-state index contributed by atoms with van der Waals surface area (Å²) in [6.07, 6.45) is 0. The van der Waals surface area contributed by atoms with E-state index in [0.717, 1.165) is 27.7 Å². The second-order valence-electron chi connectivity index (χ2n) is 5.36. The molecular weight excluding hydrogens is 263 g/mol. The van der Waals surface area contributed by atoms with E-state index < -0.39 is 0 Å². The number of benzene rings is 2. The third-order valence-electron chi connectivity index (χ3n) is 3.75. The van der Waals surface area contributed by atoms with E-state index in [2.05, 4.69) is 4.98 Å². The predicted molar refractivity (Wildman–Crippen MR) is 83.6 cm³/mol. The number of halogens is 1. The Balaban J connectivity index is 2.16. The third kappa shape index (κ3) is 2.52. The molecule has 0 aliphatic rings. The van der Waals surface area contributed by atoms with Crippen molar-refractivity contribution in [3.8, 4) is 0 Å². The van der Waals surface area contributed by atoms with E-state index in [1.165, 1.54) is 6.07 Å². The van der Waals surface area contributed by atoms with Gasteiger partial charge in [0.25, 0.3) is 0 Å². The van der Waals surface area contributed by atoms with Gasteiger partial charge >= 0.3 is 0 Å². The second-order valence-corrected chi connectivity index (χ2v) is 5.36. The van der Waals surface area contributed by atoms with Crippen LogP contribution in [0.1, 0.15) is 28.4 Å². The zero-order valence-electron chi connectivity index (χ0n) is 12.1. The summed E-state index contributed by atoms with van der Waals surface area (Å²) in [4.78, 5) is 4.53. The largest absolute Gasteiger partial charge is 0.320 e. The van der Waals surface area contributed by atoms with Crippen LogP contribution in [0.2, 0.25) is 0 Å². The van der Waals surface area contributed by atoms with Gasteiger partial charge in [-0.25, -0.2) is 4.39 Å². The molecule has 106 valence electrons. The number of rotatable bonds is 2. The molecule has 3 rings (SSSR count). The molecule has 0 saturated heterocycles. The first-order valence-electron chi connectivity index (χ1n) is 6.94. The number of fused-ring (bicyclic) bond motifs is 1. The summed E-state index contributed by atoms with van der Waals surface area (Å²) in [5.74, 6) is -0.207. The van der Waals surface area contributed by atoms with E-state index in [4.69, 9.17) is 5.73 Å². The summed E-state index contributed by atoms with van der Waals surface area (Å²) in [7, 11) is 0. The summed E-state index contributed by atoms with van der Waals surface area (Å²) in [5, 5.41) is 1.04. The lowest BCUT2D eigenvalue weighted by molar-refractivity contribution is 0.617. The van der Waals surface area contributed by atoms with Crippen LogP contribution in [0.15, 0.2) is 48.5 Å². The first-order valence-corrected chi connectivity index (χ1v) is 6.94. The van der Waals surface area contributed by atoms with Gasteiger partial charge in [-0.3, -0.25) is 4.98 Å². The Morgan fingerprint density at radius 1 is 1.05 bits per heavy atom. The molecule has 0 fully saturated rings. The zero-order chi connectivity index (χ0) is 15.0. The van der Waals surface area contributed by atoms with Crippen molar-refractivity contribution >= 4 is 10.9 Å². The zero-order valence-corrected chi connectivity index (χ0v) is 12.1. The third-order valence-corrected chi connectivity index (χ3v) is 3.75. The summed E-state index contributed by atoms with van der Waals surface area (Å²) in [6.45, 7) is 3.71. The second kappa shape index (κ2) is 5.26. The molecular formula is C18H17FN2. The van der Waals surface area contributed by atoms with Crippen molar-refractivity contribution in [1.29, 1.82) is 0 Å². The highest BCUT2D eigenvalue weighted by molar-refractivity contribution is 5.83. The lowest BCUT2D eigenvalue weighted by Crippen LogP contribution is -2.13. The van der Waals surface area contributed by atoms with E-state index in [0.29, 0.717) is 5.56 Å².